The predicted octanol–water partition coefficient (Wildman–Crippen LogP) is 2.72. The molecule has 0 unspecified atom stereocenters. The van der Waals surface area contributed by atoms with Crippen molar-refractivity contribution < 1.29 is 14.7 Å². The molecule has 0 fully saturated rings. The smallest absolute Gasteiger partial charge is 0.325 e. The maximum atomic E-state index is 12.1. The number of rotatable bonds is 3. The highest BCUT2D eigenvalue weighted by atomic mass is 32.1. The van der Waals surface area contributed by atoms with Crippen molar-refractivity contribution in [2.45, 2.75) is 25.8 Å². The normalized spacial score (nSPS) is 14.0. The first kappa shape index (κ1) is 13.8. The minimum atomic E-state index is -1.03. The molecule has 1 atom stereocenters. The summed E-state index contributed by atoms with van der Waals surface area (Å²) in [5.41, 5.74) is 3.67. The lowest BCUT2D eigenvalue weighted by atomic mass is 9.91. The molecular weight excluding hydrogens is 286 g/mol. The van der Waals surface area contributed by atoms with Gasteiger partial charge in [-0.05, 0) is 42.5 Å². The molecule has 1 aliphatic rings. The van der Waals surface area contributed by atoms with Crippen LogP contribution in [0.5, 0.6) is 0 Å². The molecule has 5 heteroatoms. The summed E-state index contributed by atoms with van der Waals surface area (Å²) in [6.45, 7) is 1.46. The summed E-state index contributed by atoms with van der Waals surface area (Å²) in [6.07, 6.45) is 1.90. The average Bonchev–Trinajstić information content (AvgIpc) is 2.91. The van der Waals surface area contributed by atoms with Crippen LogP contribution in [0.3, 0.4) is 0 Å². The molecule has 0 spiro atoms. The van der Waals surface area contributed by atoms with E-state index in [1.807, 2.05) is 18.2 Å². The number of thiophene rings is 1. The fraction of sp³-hybridized carbons (Fsp3) is 0.250. The first-order valence-corrected chi connectivity index (χ1v) is 7.62. The first-order chi connectivity index (χ1) is 10.1. The number of hydrogen-bond acceptors (Lipinski definition) is 3. The van der Waals surface area contributed by atoms with E-state index in [9.17, 15) is 9.59 Å². The number of carboxylic acids is 1. The highest BCUT2D eigenvalue weighted by Gasteiger charge is 2.22. The van der Waals surface area contributed by atoms with Crippen LogP contribution in [0.1, 0.15) is 27.7 Å². The van der Waals surface area contributed by atoms with E-state index in [2.05, 4.69) is 17.4 Å². The van der Waals surface area contributed by atoms with Crippen LogP contribution in [0, 0.1) is 0 Å². The second-order valence-corrected chi connectivity index (χ2v) is 6.21. The van der Waals surface area contributed by atoms with E-state index in [1.165, 1.54) is 35.0 Å². The molecule has 0 saturated heterocycles. The maximum Gasteiger partial charge on any atom is 0.325 e. The standard InChI is InChI=1S/C16H15NO3S/c1-9(16(19)20)17-15(18)13-8-11-7-6-10-4-2-3-5-12(10)14(11)21-13/h2-5,8-9H,6-7H2,1H3,(H,17,18)(H,19,20)/t9-/m1/s1. The van der Waals surface area contributed by atoms with Crippen LogP contribution in [0.2, 0.25) is 0 Å². The van der Waals surface area contributed by atoms with E-state index in [4.69, 9.17) is 5.11 Å². The van der Waals surface area contributed by atoms with Gasteiger partial charge in [0.25, 0.3) is 5.91 Å². The van der Waals surface area contributed by atoms with E-state index in [-0.39, 0.29) is 5.91 Å². The van der Waals surface area contributed by atoms with Gasteiger partial charge in [0.2, 0.25) is 0 Å². The maximum absolute atomic E-state index is 12.1. The number of hydrogen-bond donors (Lipinski definition) is 2. The fourth-order valence-electron chi connectivity index (χ4n) is 2.51. The Balaban J connectivity index is 1.90. The van der Waals surface area contributed by atoms with Crippen LogP contribution in [0.15, 0.2) is 30.3 Å². The highest BCUT2D eigenvalue weighted by Crippen LogP contribution is 2.39. The molecule has 1 heterocycles. The summed E-state index contributed by atoms with van der Waals surface area (Å²) in [7, 11) is 0. The summed E-state index contributed by atoms with van der Waals surface area (Å²) in [5, 5.41) is 11.4. The Bertz CT molecular complexity index is 720. The van der Waals surface area contributed by atoms with Gasteiger partial charge in [0, 0.05) is 4.88 Å². The van der Waals surface area contributed by atoms with Crippen molar-refractivity contribution in [3.05, 3.63) is 46.3 Å². The molecule has 1 aliphatic carbocycles. The molecule has 0 bridgehead atoms. The van der Waals surface area contributed by atoms with E-state index >= 15 is 0 Å². The van der Waals surface area contributed by atoms with Crippen LogP contribution < -0.4 is 5.32 Å². The number of carboxylic acid groups (broad SMARTS) is 1. The van der Waals surface area contributed by atoms with Crippen molar-refractivity contribution in [2.75, 3.05) is 0 Å². The monoisotopic (exact) mass is 301 g/mol. The van der Waals surface area contributed by atoms with Crippen molar-refractivity contribution in [2.24, 2.45) is 0 Å². The Morgan fingerprint density at radius 2 is 1.95 bits per heavy atom. The van der Waals surface area contributed by atoms with Crippen molar-refractivity contribution in [1.29, 1.82) is 0 Å². The Morgan fingerprint density at radius 1 is 1.24 bits per heavy atom. The van der Waals surface area contributed by atoms with Crippen molar-refractivity contribution >= 4 is 23.2 Å². The quantitative estimate of drug-likeness (QED) is 0.916. The Morgan fingerprint density at radius 3 is 2.71 bits per heavy atom. The second-order valence-electron chi connectivity index (χ2n) is 5.16. The van der Waals surface area contributed by atoms with Gasteiger partial charge in [0.1, 0.15) is 6.04 Å². The van der Waals surface area contributed by atoms with Gasteiger partial charge in [0.15, 0.2) is 0 Å². The number of benzene rings is 1. The molecule has 1 amide bonds. The van der Waals surface area contributed by atoms with Crippen molar-refractivity contribution in [3.8, 4) is 10.4 Å². The lowest BCUT2D eigenvalue weighted by molar-refractivity contribution is -0.138. The van der Waals surface area contributed by atoms with E-state index in [1.54, 1.807) is 0 Å². The van der Waals surface area contributed by atoms with Gasteiger partial charge in [-0.1, -0.05) is 24.3 Å². The molecule has 0 aliphatic heterocycles. The van der Waals surface area contributed by atoms with E-state index in [0.717, 1.165) is 17.7 Å². The molecule has 0 saturated carbocycles. The van der Waals surface area contributed by atoms with Gasteiger partial charge >= 0.3 is 5.97 Å². The van der Waals surface area contributed by atoms with E-state index < -0.39 is 12.0 Å². The van der Waals surface area contributed by atoms with Crippen LogP contribution in [0.25, 0.3) is 10.4 Å². The summed E-state index contributed by atoms with van der Waals surface area (Å²) in [4.78, 5) is 24.6. The second kappa shape index (κ2) is 5.33. The molecule has 2 N–H and O–H groups in total. The number of nitrogens with one attached hydrogen (secondary N) is 1. The van der Waals surface area contributed by atoms with E-state index in [0.29, 0.717) is 4.88 Å². The van der Waals surface area contributed by atoms with Crippen LogP contribution >= 0.6 is 11.3 Å². The summed E-state index contributed by atoms with van der Waals surface area (Å²) < 4.78 is 0. The number of carbonyl (C=O) groups is 2. The topological polar surface area (TPSA) is 66.4 Å². The molecule has 3 rings (SSSR count). The zero-order chi connectivity index (χ0) is 15.0. The number of aryl methyl sites for hydroxylation is 2. The first-order valence-electron chi connectivity index (χ1n) is 6.81. The number of carbonyl (C=O) groups excluding carboxylic acids is 1. The number of aliphatic carboxylic acids is 1. The zero-order valence-electron chi connectivity index (χ0n) is 11.6. The lowest BCUT2D eigenvalue weighted by Crippen LogP contribution is -2.37. The average molecular weight is 301 g/mol. The third-order valence-electron chi connectivity index (χ3n) is 3.68. The predicted molar refractivity (Wildman–Crippen MR) is 81.7 cm³/mol. The minimum Gasteiger partial charge on any atom is -0.480 e. The van der Waals surface area contributed by atoms with Crippen molar-refractivity contribution in [1.82, 2.24) is 5.32 Å². The number of amides is 1. The SMILES string of the molecule is C[C@@H](NC(=O)c1cc2c(s1)-c1ccccc1CC2)C(=O)O. The fourth-order valence-corrected chi connectivity index (χ4v) is 3.69. The molecule has 1 aromatic carbocycles. The van der Waals surface area contributed by atoms with Gasteiger partial charge in [0.05, 0.1) is 4.88 Å². The largest absolute Gasteiger partial charge is 0.480 e. The van der Waals surface area contributed by atoms with Gasteiger partial charge in [-0.25, -0.2) is 0 Å². The third kappa shape index (κ3) is 2.56. The van der Waals surface area contributed by atoms with Crippen LogP contribution in [-0.4, -0.2) is 23.0 Å². The summed E-state index contributed by atoms with van der Waals surface area (Å²) in [6, 6.07) is 9.22. The molecule has 2 aromatic rings. The molecule has 108 valence electrons. The molecular formula is C16H15NO3S. The molecule has 1 aromatic heterocycles. The van der Waals surface area contributed by atoms with Crippen LogP contribution in [-0.2, 0) is 17.6 Å². The summed E-state index contributed by atoms with van der Waals surface area (Å²) in [5.74, 6) is -1.35. The molecule has 0 radical (unpaired) electrons. The Labute approximate surface area is 126 Å². The molecule has 21 heavy (non-hydrogen) atoms. The minimum absolute atomic E-state index is 0.318. The van der Waals surface area contributed by atoms with Crippen LogP contribution in [0.4, 0.5) is 0 Å². The lowest BCUT2D eigenvalue weighted by Gasteiger charge is -2.15. The highest BCUT2D eigenvalue weighted by molar-refractivity contribution is 7.17. The van der Waals surface area contributed by atoms with Gasteiger partial charge in [-0.3, -0.25) is 9.59 Å². The Hall–Kier alpha value is -2.14. The van der Waals surface area contributed by atoms with Gasteiger partial charge in [-0.2, -0.15) is 0 Å². The number of fused-ring (bicyclic) bond motifs is 3. The Kier molecular flexibility index (Phi) is 3.51. The summed E-state index contributed by atoms with van der Waals surface area (Å²) >= 11 is 1.43. The van der Waals surface area contributed by atoms with Gasteiger partial charge in [-0.15, -0.1) is 11.3 Å². The third-order valence-corrected chi connectivity index (χ3v) is 4.89. The zero-order valence-corrected chi connectivity index (χ0v) is 12.4. The molecule has 4 nitrogen and oxygen atoms in total. The van der Waals surface area contributed by atoms with Crippen molar-refractivity contribution in [3.63, 3.8) is 0 Å². The van der Waals surface area contributed by atoms with Gasteiger partial charge < -0.3 is 10.4 Å².